The Morgan fingerprint density at radius 3 is 2.89 bits per heavy atom. The first-order chi connectivity index (χ1) is 9.15. The van der Waals surface area contributed by atoms with Crippen LogP contribution in [0.25, 0.3) is 0 Å². The number of carbonyl (C=O) groups excluding carboxylic acids is 1. The number of unbranched alkanes of at least 4 members (excludes halogenated alkanes) is 3. The van der Waals surface area contributed by atoms with Crippen LogP contribution in [-0.4, -0.2) is 10.8 Å². The van der Waals surface area contributed by atoms with Gasteiger partial charge in [-0.3, -0.25) is 14.9 Å². The Hall–Kier alpha value is -2.17. The molecule has 0 fully saturated rings. The number of rotatable bonds is 7. The molecular weight excluding hydrogens is 244 g/mol. The molecule has 5 heteroatoms. The number of carbonyl (C=O) groups is 1. The molecule has 0 bridgehead atoms. The fourth-order valence-electron chi connectivity index (χ4n) is 1.57. The molecule has 0 saturated heterocycles. The van der Waals surface area contributed by atoms with Crippen molar-refractivity contribution in [3.8, 4) is 0 Å². The normalized spacial score (nSPS) is 10.6. The Labute approximate surface area is 112 Å². The summed E-state index contributed by atoms with van der Waals surface area (Å²) in [5.74, 6) is -0.338. The van der Waals surface area contributed by atoms with Crippen LogP contribution in [0, 0.1) is 10.1 Å². The highest BCUT2D eigenvalue weighted by molar-refractivity contribution is 5.95. The van der Waals surface area contributed by atoms with Gasteiger partial charge in [0, 0.05) is 23.9 Å². The monoisotopic (exact) mass is 262 g/mol. The lowest BCUT2D eigenvalue weighted by Crippen LogP contribution is -2.16. The van der Waals surface area contributed by atoms with E-state index in [1.165, 1.54) is 24.6 Å². The van der Waals surface area contributed by atoms with Gasteiger partial charge in [0.2, 0.25) is 0 Å². The number of non-ortho nitro benzene ring substituents is 1. The second kappa shape index (κ2) is 8.02. The lowest BCUT2D eigenvalue weighted by molar-refractivity contribution is -0.384. The molecule has 0 radical (unpaired) electrons. The summed E-state index contributed by atoms with van der Waals surface area (Å²) in [5, 5.41) is 13.2. The molecule has 0 aliphatic rings. The molecule has 0 saturated carbocycles. The van der Waals surface area contributed by atoms with E-state index in [1.54, 1.807) is 12.3 Å². The van der Waals surface area contributed by atoms with Gasteiger partial charge in [-0.05, 0) is 18.9 Å². The third-order valence-electron chi connectivity index (χ3n) is 2.63. The lowest BCUT2D eigenvalue weighted by atomic mass is 10.2. The van der Waals surface area contributed by atoms with Crippen LogP contribution in [0.15, 0.2) is 36.5 Å². The van der Waals surface area contributed by atoms with Gasteiger partial charge in [0.05, 0.1) is 4.92 Å². The van der Waals surface area contributed by atoms with Crippen molar-refractivity contribution in [3.05, 3.63) is 52.2 Å². The first-order valence-corrected chi connectivity index (χ1v) is 6.35. The van der Waals surface area contributed by atoms with E-state index in [4.69, 9.17) is 0 Å². The Morgan fingerprint density at radius 1 is 1.42 bits per heavy atom. The predicted octanol–water partition coefficient (Wildman–Crippen LogP) is 3.42. The van der Waals surface area contributed by atoms with E-state index in [1.807, 2.05) is 6.08 Å². The van der Waals surface area contributed by atoms with Gasteiger partial charge in [0.25, 0.3) is 11.6 Å². The number of allylic oxidation sites excluding steroid dienone is 1. The highest BCUT2D eigenvalue weighted by atomic mass is 16.6. The molecule has 5 nitrogen and oxygen atoms in total. The molecule has 102 valence electrons. The fourth-order valence-corrected chi connectivity index (χ4v) is 1.57. The summed E-state index contributed by atoms with van der Waals surface area (Å²) in [6.07, 6.45) is 7.83. The van der Waals surface area contributed by atoms with E-state index in [-0.39, 0.29) is 17.2 Å². The zero-order chi connectivity index (χ0) is 14.1. The molecule has 0 heterocycles. The largest absolute Gasteiger partial charge is 0.329 e. The maximum absolute atomic E-state index is 11.7. The summed E-state index contributed by atoms with van der Waals surface area (Å²) in [4.78, 5) is 21.8. The summed E-state index contributed by atoms with van der Waals surface area (Å²) in [7, 11) is 0. The second-order valence-electron chi connectivity index (χ2n) is 4.18. The molecule has 1 amide bonds. The van der Waals surface area contributed by atoms with Crippen molar-refractivity contribution in [1.82, 2.24) is 5.32 Å². The maximum atomic E-state index is 11.7. The van der Waals surface area contributed by atoms with Crippen molar-refractivity contribution >= 4 is 11.6 Å². The average Bonchev–Trinajstić information content (AvgIpc) is 2.42. The Bertz CT molecular complexity index is 470. The Morgan fingerprint density at radius 2 is 2.21 bits per heavy atom. The summed E-state index contributed by atoms with van der Waals surface area (Å²) in [6.45, 7) is 2.13. The second-order valence-corrected chi connectivity index (χ2v) is 4.18. The molecule has 1 N–H and O–H groups in total. The fraction of sp³-hybridized carbons (Fsp3) is 0.357. The van der Waals surface area contributed by atoms with Gasteiger partial charge in [0.15, 0.2) is 0 Å². The number of nitrogens with one attached hydrogen (secondary N) is 1. The highest BCUT2D eigenvalue weighted by Crippen LogP contribution is 2.12. The van der Waals surface area contributed by atoms with E-state index in [0.29, 0.717) is 0 Å². The third kappa shape index (κ3) is 5.33. The van der Waals surface area contributed by atoms with Crippen molar-refractivity contribution < 1.29 is 9.72 Å². The quantitative estimate of drug-likeness (QED) is 0.465. The van der Waals surface area contributed by atoms with Crippen molar-refractivity contribution in [2.45, 2.75) is 32.6 Å². The standard InChI is InChI=1S/C14H18N2O3/c1-2-3-4-5-6-10-15-14(17)12-8-7-9-13(11-12)16(18)19/h6-11H,2-5H2,1H3,(H,15,17)/b10-6-. The molecule has 0 aliphatic carbocycles. The smallest absolute Gasteiger partial charge is 0.270 e. The number of amides is 1. The van der Waals surface area contributed by atoms with Crippen LogP contribution in [0.3, 0.4) is 0 Å². The van der Waals surface area contributed by atoms with E-state index in [2.05, 4.69) is 12.2 Å². The van der Waals surface area contributed by atoms with Crippen molar-refractivity contribution in [1.29, 1.82) is 0 Å². The molecule has 0 unspecified atom stereocenters. The Kier molecular flexibility index (Phi) is 6.29. The van der Waals surface area contributed by atoms with Gasteiger partial charge in [-0.1, -0.05) is 31.9 Å². The van der Waals surface area contributed by atoms with E-state index < -0.39 is 4.92 Å². The summed E-state index contributed by atoms with van der Waals surface area (Å²) < 4.78 is 0. The highest BCUT2D eigenvalue weighted by Gasteiger charge is 2.09. The molecule has 1 aromatic carbocycles. The average molecular weight is 262 g/mol. The molecule has 0 spiro atoms. The zero-order valence-corrected chi connectivity index (χ0v) is 11.0. The van der Waals surface area contributed by atoms with Crippen LogP contribution in [0.4, 0.5) is 5.69 Å². The number of nitrogens with zero attached hydrogens (tertiary/aromatic N) is 1. The minimum absolute atomic E-state index is 0.0837. The lowest BCUT2D eigenvalue weighted by Gasteiger charge is -2.00. The van der Waals surface area contributed by atoms with Gasteiger partial charge >= 0.3 is 0 Å². The van der Waals surface area contributed by atoms with E-state index >= 15 is 0 Å². The van der Waals surface area contributed by atoms with Gasteiger partial charge in [0.1, 0.15) is 0 Å². The van der Waals surface area contributed by atoms with Gasteiger partial charge < -0.3 is 5.32 Å². The third-order valence-corrected chi connectivity index (χ3v) is 2.63. The number of hydrogen-bond donors (Lipinski definition) is 1. The Balaban J connectivity index is 2.49. The van der Waals surface area contributed by atoms with Crippen LogP contribution in [0.1, 0.15) is 43.0 Å². The van der Waals surface area contributed by atoms with Crippen LogP contribution >= 0.6 is 0 Å². The SMILES string of the molecule is CCCCC/C=C\NC(=O)c1cccc([N+](=O)[O-])c1. The van der Waals surface area contributed by atoms with Crippen LogP contribution < -0.4 is 5.32 Å². The van der Waals surface area contributed by atoms with E-state index in [9.17, 15) is 14.9 Å². The minimum atomic E-state index is -0.517. The minimum Gasteiger partial charge on any atom is -0.329 e. The topological polar surface area (TPSA) is 72.2 Å². The number of nitro benzene ring substituents is 1. The molecule has 0 aromatic heterocycles. The first kappa shape index (κ1) is 14.9. The molecule has 1 aromatic rings. The molecular formula is C14H18N2O3. The van der Waals surface area contributed by atoms with Gasteiger partial charge in [-0.2, -0.15) is 0 Å². The summed E-state index contributed by atoms with van der Waals surface area (Å²) in [5.41, 5.74) is 0.201. The zero-order valence-electron chi connectivity index (χ0n) is 11.0. The molecule has 1 rings (SSSR count). The van der Waals surface area contributed by atoms with Gasteiger partial charge in [-0.25, -0.2) is 0 Å². The number of hydrogen-bond acceptors (Lipinski definition) is 3. The predicted molar refractivity (Wildman–Crippen MR) is 73.8 cm³/mol. The summed E-state index contributed by atoms with van der Waals surface area (Å²) >= 11 is 0. The summed E-state index contributed by atoms with van der Waals surface area (Å²) in [6, 6.07) is 5.67. The molecule has 0 aliphatic heterocycles. The first-order valence-electron chi connectivity index (χ1n) is 6.35. The maximum Gasteiger partial charge on any atom is 0.270 e. The number of benzene rings is 1. The van der Waals surface area contributed by atoms with Crippen molar-refractivity contribution in [2.24, 2.45) is 0 Å². The van der Waals surface area contributed by atoms with Crippen LogP contribution in [-0.2, 0) is 0 Å². The molecule has 19 heavy (non-hydrogen) atoms. The van der Waals surface area contributed by atoms with Crippen molar-refractivity contribution in [3.63, 3.8) is 0 Å². The van der Waals surface area contributed by atoms with Crippen molar-refractivity contribution in [2.75, 3.05) is 0 Å². The van der Waals surface area contributed by atoms with Crippen LogP contribution in [0.2, 0.25) is 0 Å². The van der Waals surface area contributed by atoms with Crippen LogP contribution in [0.5, 0.6) is 0 Å². The number of nitro groups is 1. The van der Waals surface area contributed by atoms with Gasteiger partial charge in [-0.15, -0.1) is 0 Å². The van der Waals surface area contributed by atoms with E-state index in [0.717, 1.165) is 19.3 Å². The molecule has 0 atom stereocenters.